The molecule has 2 N–H and O–H groups in total. The first-order chi connectivity index (χ1) is 12.0. The molecule has 1 heterocycles. The minimum Gasteiger partial charge on any atom is -0.455 e. The van der Waals surface area contributed by atoms with Gasteiger partial charge in [0.1, 0.15) is 11.3 Å². The minimum absolute atomic E-state index is 0.438. The molecule has 5 heteroatoms. The van der Waals surface area contributed by atoms with E-state index in [9.17, 15) is 0 Å². The molecule has 3 aromatic rings. The van der Waals surface area contributed by atoms with Gasteiger partial charge in [-0.1, -0.05) is 44.2 Å². The van der Waals surface area contributed by atoms with Gasteiger partial charge in [-0.25, -0.2) is 0 Å². The van der Waals surface area contributed by atoms with Crippen molar-refractivity contribution >= 4 is 39.7 Å². The van der Waals surface area contributed by atoms with E-state index in [0.29, 0.717) is 11.0 Å². The summed E-state index contributed by atoms with van der Waals surface area (Å²) >= 11 is 5.29. The quantitative estimate of drug-likeness (QED) is 0.382. The van der Waals surface area contributed by atoms with Crippen molar-refractivity contribution in [2.45, 2.75) is 26.7 Å². The number of rotatable bonds is 4. The maximum Gasteiger partial charge on any atom is 0.191 e. The highest BCUT2D eigenvalue weighted by Gasteiger charge is 2.06. The molecule has 4 nitrogen and oxygen atoms in total. The van der Waals surface area contributed by atoms with E-state index in [4.69, 9.17) is 16.6 Å². The minimum atomic E-state index is 0.438. The lowest BCUT2D eigenvalue weighted by Gasteiger charge is -2.09. The van der Waals surface area contributed by atoms with Crippen LogP contribution in [0.4, 0.5) is 5.69 Å². The molecular weight excluding hydrogens is 330 g/mol. The number of nitrogens with zero attached hydrogens (tertiary/aromatic N) is 1. The number of hydrogen-bond donors (Lipinski definition) is 2. The third-order valence-electron chi connectivity index (χ3n) is 3.94. The van der Waals surface area contributed by atoms with Crippen molar-refractivity contribution in [2.24, 2.45) is 5.10 Å². The molecule has 0 atom stereocenters. The monoisotopic (exact) mass is 351 g/mol. The number of hydrogen-bond acceptors (Lipinski definition) is 3. The van der Waals surface area contributed by atoms with Crippen LogP contribution in [0.3, 0.4) is 0 Å². The van der Waals surface area contributed by atoms with Gasteiger partial charge in [-0.2, -0.15) is 5.10 Å². The average Bonchev–Trinajstić information content (AvgIpc) is 3.04. The molecule has 3 rings (SSSR count). The molecule has 0 spiro atoms. The molecule has 0 radical (unpaired) electrons. The number of benzene rings is 2. The first kappa shape index (κ1) is 17.2. The molecule has 0 fully saturated rings. The molecule has 0 saturated carbocycles. The molecule has 1 aromatic heterocycles. The van der Waals surface area contributed by atoms with E-state index in [0.717, 1.165) is 28.1 Å². The first-order valence-corrected chi connectivity index (χ1v) is 8.64. The summed E-state index contributed by atoms with van der Waals surface area (Å²) in [5.41, 5.74) is 6.66. The van der Waals surface area contributed by atoms with Crippen LogP contribution >= 0.6 is 12.2 Å². The topological polar surface area (TPSA) is 49.6 Å². The van der Waals surface area contributed by atoms with Gasteiger partial charge in [0.25, 0.3) is 0 Å². The van der Waals surface area contributed by atoms with Crippen molar-refractivity contribution in [3.63, 3.8) is 0 Å². The highest BCUT2D eigenvalue weighted by Crippen LogP contribution is 2.19. The fourth-order valence-corrected chi connectivity index (χ4v) is 2.62. The van der Waals surface area contributed by atoms with Crippen LogP contribution in [0.15, 0.2) is 64.1 Å². The molecule has 0 aliphatic rings. The molecule has 2 aromatic carbocycles. The maximum absolute atomic E-state index is 5.78. The molecule has 0 aliphatic carbocycles. The molecule has 128 valence electrons. The normalized spacial score (nSPS) is 11.8. The number of para-hydroxylation sites is 1. The highest BCUT2D eigenvalue weighted by atomic mass is 32.1. The lowest BCUT2D eigenvalue weighted by atomic mass is 10.0. The van der Waals surface area contributed by atoms with Crippen LogP contribution in [0.5, 0.6) is 0 Å². The van der Waals surface area contributed by atoms with E-state index in [1.54, 1.807) is 0 Å². The fraction of sp³-hybridized carbons (Fsp3) is 0.200. The zero-order valence-corrected chi connectivity index (χ0v) is 15.4. The van der Waals surface area contributed by atoms with Crippen LogP contribution in [0.25, 0.3) is 11.0 Å². The Morgan fingerprint density at radius 2 is 1.80 bits per heavy atom. The predicted molar refractivity (Wildman–Crippen MR) is 108 cm³/mol. The van der Waals surface area contributed by atoms with E-state index >= 15 is 0 Å². The third kappa shape index (κ3) is 4.25. The summed E-state index contributed by atoms with van der Waals surface area (Å²) in [6, 6.07) is 18.1. The van der Waals surface area contributed by atoms with Crippen LogP contribution in [-0.2, 0) is 0 Å². The van der Waals surface area contributed by atoms with Crippen LogP contribution in [-0.4, -0.2) is 10.8 Å². The molecule has 0 unspecified atom stereocenters. The van der Waals surface area contributed by atoms with Crippen molar-refractivity contribution in [3.8, 4) is 0 Å². The highest BCUT2D eigenvalue weighted by molar-refractivity contribution is 7.80. The van der Waals surface area contributed by atoms with Crippen LogP contribution < -0.4 is 10.7 Å². The molecule has 0 bridgehead atoms. The Bertz CT molecular complexity index is 877. The van der Waals surface area contributed by atoms with E-state index in [-0.39, 0.29) is 0 Å². The molecule has 0 aliphatic heterocycles. The molecule has 25 heavy (non-hydrogen) atoms. The average molecular weight is 351 g/mol. The Balaban J connectivity index is 1.63. The second-order valence-electron chi connectivity index (χ2n) is 6.19. The van der Waals surface area contributed by atoms with Gasteiger partial charge in [0, 0.05) is 11.1 Å². The van der Waals surface area contributed by atoms with Gasteiger partial charge in [0.2, 0.25) is 0 Å². The Hall–Kier alpha value is -2.66. The van der Waals surface area contributed by atoms with Crippen molar-refractivity contribution in [3.05, 3.63) is 65.9 Å². The zero-order chi connectivity index (χ0) is 17.8. The fourth-order valence-electron chi connectivity index (χ4n) is 2.46. The summed E-state index contributed by atoms with van der Waals surface area (Å²) in [6.07, 6.45) is 0. The molecule has 0 saturated heterocycles. The summed E-state index contributed by atoms with van der Waals surface area (Å²) < 4.78 is 5.78. The largest absolute Gasteiger partial charge is 0.455 e. The van der Waals surface area contributed by atoms with E-state index in [1.807, 2.05) is 49.4 Å². The van der Waals surface area contributed by atoms with Crippen molar-refractivity contribution in [1.29, 1.82) is 0 Å². The van der Waals surface area contributed by atoms with Gasteiger partial charge in [0.05, 0.1) is 0 Å². The second kappa shape index (κ2) is 7.49. The van der Waals surface area contributed by atoms with E-state index < -0.39 is 0 Å². The summed E-state index contributed by atoms with van der Waals surface area (Å²) in [5, 5.41) is 8.92. The Morgan fingerprint density at radius 1 is 1.08 bits per heavy atom. The zero-order valence-electron chi connectivity index (χ0n) is 14.5. The number of hydrazone groups is 1. The van der Waals surface area contributed by atoms with Crippen LogP contribution in [0, 0.1) is 0 Å². The predicted octanol–water partition coefficient (Wildman–Crippen LogP) is 5.27. The molecular formula is C20H21N3OS. The second-order valence-corrected chi connectivity index (χ2v) is 6.60. The lowest BCUT2D eigenvalue weighted by molar-refractivity contribution is 0.603. The summed E-state index contributed by atoms with van der Waals surface area (Å²) in [5.74, 6) is 1.23. The Morgan fingerprint density at radius 3 is 2.48 bits per heavy atom. The van der Waals surface area contributed by atoms with Gasteiger partial charge in [0.15, 0.2) is 10.9 Å². The van der Waals surface area contributed by atoms with E-state index in [1.165, 1.54) is 5.56 Å². The Labute approximate surface area is 152 Å². The van der Waals surface area contributed by atoms with Gasteiger partial charge in [-0.05, 0) is 54.9 Å². The summed E-state index contributed by atoms with van der Waals surface area (Å²) in [6.45, 7) is 6.22. The number of fused-ring (bicyclic) bond motifs is 1. The van der Waals surface area contributed by atoms with E-state index in [2.05, 4.69) is 41.8 Å². The first-order valence-electron chi connectivity index (χ1n) is 8.23. The lowest BCUT2D eigenvalue weighted by Crippen LogP contribution is -2.24. The van der Waals surface area contributed by atoms with Gasteiger partial charge >= 0.3 is 0 Å². The number of nitrogens with one attached hydrogen (secondary N) is 2. The van der Waals surface area contributed by atoms with Gasteiger partial charge < -0.3 is 9.73 Å². The van der Waals surface area contributed by atoms with Crippen LogP contribution in [0.2, 0.25) is 0 Å². The van der Waals surface area contributed by atoms with Gasteiger partial charge in [-0.15, -0.1) is 0 Å². The van der Waals surface area contributed by atoms with Crippen molar-refractivity contribution < 1.29 is 4.42 Å². The third-order valence-corrected chi connectivity index (χ3v) is 4.14. The van der Waals surface area contributed by atoms with Crippen LogP contribution in [0.1, 0.15) is 38.0 Å². The smallest absolute Gasteiger partial charge is 0.191 e. The number of anilines is 1. The standard InChI is InChI=1S/C20H21N3OS/c1-13(2)15-8-10-17(11-9-15)21-20(25)23-22-14(3)19-12-16-6-4-5-7-18(16)24-19/h4-13H,1-3H3,(H2,21,23,25)/b22-14-. The van der Waals surface area contributed by atoms with Gasteiger partial charge in [-0.3, -0.25) is 5.43 Å². The summed E-state index contributed by atoms with van der Waals surface area (Å²) in [7, 11) is 0. The Kier molecular flexibility index (Phi) is 5.14. The SMILES string of the molecule is C/C(=N/NC(=S)Nc1ccc(C(C)C)cc1)c1cc2ccccc2o1. The van der Waals surface area contributed by atoms with Crippen molar-refractivity contribution in [1.82, 2.24) is 5.43 Å². The van der Waals surface area contributed by atoms with Crippen molar-refractivity contribution in [2.75, 3.05) is 5.32 Å². The maximum atomic E-state index is 5.78. The number of thiocarbonyl (C=S) groups is 1. The summed E-state index contributed by atoms with van der Waals surface area (Å²) in [4.78, 5) is 0. The molecule has 0 amide bonds. The number of furan rings is 1.